The largest absolute Gasteiger partial charge is 0.448 e. The molecule has 1 N–H and O–H groups in total. The lowest BCUT2D eigenvalue weighted by Gasteiger charge is -2.44. The molecule has 0 radical (unpaired) electrons. The van der Waals surface area contributed by atoms with E-state index in [9.17, 15) is 9.59 Å². The number of hydrogen-bond acceptors (Lipinski definition) is 4. The van der Waals surface area contributed by atoms with Crippen LogP contribution in [0.15, 0.2) is 29.1 Å². The van der Waals surface area contributed by atoms with Crippen molar-refractivity contribution in [1.29, 1.82) is 0 Å². The van der Waals surface area contributed by atoms with Crippen molar-refractivity contribution in [3.8, 4) is 0 Å². The Kier molecular flexibility index (Phi) is 4.14. The summed E-state index contributed by atoms with van der Waals surface area (Å²) in [7, 11) is 0. The zero-order valence-corrected chi connectivity index (χ0v) is 13.7. The predicted octanol–water partition coefficient (Wildman–Crippen LogP) is 2.58. The van der Waals surface area contributed by atoms with Gasteiger partial charge in [-0.1, -0.05) is 18.6 Å². The van der Waals surface area contributed by atoms with E-state index >= 15 is 0 Å². The van der Waals surface area contributed by atoms with Gasteiger partial charge in [-0.3, -0.25) is 4.90 Å². The van der Waals surface area contributed by atoms with E-state index < -0.39 is 11.8 Å². The first-order valence-corrected chi connectivity index (χ1v) is 8.85. The average molecular weight is 329 g/mol. The van der Waals surface area contributed by atoms with Gasteiger partial charge in [0, 0.05) is 12.0 Å². The van der Waals surface area contributed by atoms with Gasteiger partial charge < -0.3 is 9.72 Å². The molecule has 4 rings (SSSR count). The molecule has 128 valence electrons. The molecular formula is C18H23N3O3. The Morgan fingerprint density at radius 3 is 2.92 bits per heavy atom. The number of rotatable bonds is 2. The Morgan fingerprint density at radius 1 is 1.17 bits per heavy atom. The van der Waals surface area contributed by atoms with E-state index in [1.807, 2.05) is 6.07 Å². The molecule has 3 heterocycles. The minimum absolute atomic E-state index is 0.379. The lowest BCUT2D eigenvalue weighted by atomic mass is 9.84. The number of para-hydroxylation sites is 2. The number of aromatic amines is 1. The Balaban J connectivity index is 1.48. The van der Waals surface area contributed by atoms with Crippen LogP contribution in [-0.4, -0.2) is 46.3 Å². The third kappa shape index (κ3) is 2.75. The zero-order chi connectivity index (χ0) is 16.5. The predicted molar refractivity (Wildman–Crippen MR) is 91.2 cm³/mol. The van der Waals surface area contributed by atoms with Crippen molar-refractivity contribution in [2.45, 2.75) is 38.1 Å². The van der Waals surface area contributed by atoms with E-state index in [4.69, 9.17) is 4.74 Å². The van der Waals surface area contributed by atoms with Crippen molar-refractivity contribution < 1.29 is 9.53 Å². The Hall–Kier alpha value is -2.08. The maximum Gasteiger partial charge on any atom is 0.422 e. The maximum atomic E-state index is 12.5. The number of carbonyl (C=O) groups is 1. The lowest BCUT2D eigenvalue weighted by molar-refractivity contribution is 0.0237. The molecule has 2 aliphatic rings. The number of nitrogens with zero attached hydrogens (tertiary/aromatic N) is 2. The molecule has 0 aliphatic carbocycles. The molecule has 2 aliphatic heterocycles. The summed E-state index contributed by atoms with van der Waals surface area (Å²) in [4.78, 5) is 29.7. The summed E-state index contributed by atoms with van der Waals surface area (Å²) < 4.78 is 6.64. The van der Waals surface area contributed by atoms with Crippen LogP contribution in [0.2, 0.25) is 0 Å². The summed E-state index contributed by atoms with van der Waals surface area (Å²) >= 11 is 0. The van der Waals surface area contributed by atoms with Crippen molar-refractivity contribution in [3.63, 3.8) is 0 Å². The van der Waals surface area contributed by atoms with Gasteiger partial charge in [-0.15, -0.1) is 0 Å². The van der Waals surface area contributed by atoms with Crippen LogP contribution in [0, 0.1) is 5.92 Å². The zero-order valence-electron chi connectivity index (χ0n) is 13.7. The molecule has 24 heavy (non-hydrogen) atoms. The second-order valence-corrected chi connectivity index (χ2v) is 6.86. The van der Waals surface area contributed by atoms with Gasteiger partial charge in [0.2, 0.25) is 0 Å². The van der Waals surface area contributed by atoms with Crippen LogP contribution in [0.5, 0.6) is 0 Å². The molecule has 0 saturated carbocycles. The van der Waals surface area contributed by atoms with Crippen LogP contribution in [-0.2, 0) is 4.74 Å². The summed E-state index contributed by atoms with van der Waals surface area (Å²) in [6.45, 7) is 2.72. The van der Waals surface area contributed by atoms with Gasteiger partial charge in [-0.05, 0) is 50.9 Å². The molecular weight excluding hydrogens is 306 g/mol. The van der Waals surface area contributed by atoms with Crippen LogP contribution in [0.4, 0.5) is 4.79 Å². The topological polar surface area (TPSA) is 67.3 Å². The fourth-order valence-electron chi connectivity index (χ4n) is 4.25. The third-order valence-electron chi connectivity index (χ3n) is 5.42. The van der Waals surface area contributed by atoms with Crippen molar-refractivity contribution in [2.24, 2.45) is 5.92 Å². The molecule has 2 saturated heterocycles. The summed E-state index contributed by atoms with van der Waals surface area (Å²) in [6, 6.07) is 7.69. The number of fused-ring (bicyclic) bond motifs is 2. The Morgan fingerprint density at radius 2 is 2.00 bits per heavy atom. The summed E-state index contributed by atoms with van der Waals surface area (Å²) in [5, 5.41) is 0. The number of ether oxygens (including phenoxy) is 1. The highest BCUT2D eigenvalue weighted by Gasteiger charge is 2.33. The first-order valence-electron chi connectivity index (χ1n) is 8.85. The number of piperidine rings is 2. The van der Waals surface area contributed by atoms with Crippen LogP contribution in [0.3, 0.4) is 0 Å². The molecule has 1 aromatic carbocycles. The fraction of sp³-hybridized carbons (Fsp3) is 0.556. The highest BCUT2D eigenvalue weighted by atomic mass is 16.5. The van der Waals surface area contributed by atoms with Crippen LogP contribution < -0.4 is 5.69 Å². The first-order chi connectivity index (χ1) is 11.7. The van der Waals surface area contributed by atoms with Crippen LogP contribution in [0.25, 0.3) is 11.0 Å². The van der Waals surface area contributed by atoms with E-state index in [0.717, 1.165) is 30.5 Å². The molecule has 0 amide bonds. The lowest BCUT2D eigenvalue weighted by Crippen LogP contribution is -2.49. The van der Waals surface area contributed by atoms with Crippen molar-refractivity contribution in [1.82, 2.24) is 14.5 Å². The quantitative estimate of drug-likeness (QED) is 0.919. The standard InChI is InChI=1S/C18H23N3O3/c22-17-19-14-7-1-2-9-16(14)21(17)18(23)24-12-13-6-5-11-20-10-4-3-8-15(13)20/h1-2,7,9,13,15H,3-6,8,10-12H2,(H,19,22)/t13-,15-/m1/s1. The van der Waals surface area contributed by atoms with E-state index in [1.165, 1.54) is 19.3 Å². The number of aromatic nitrogens is 2. The van der Waals surface area contributed by atoms with Gasteiger partial charge in [0.1, 0.15) is 0 Å². The van der Waals surface area contributed by atoms with Gasteiger partial charge in [-0.2, -0.15) is 4.57 Å². The van der Waals surface area contributed by atoms with Crippen molar-refractivity contribution >= 4 is 17.1 Å². The molecule has 0 unspecified atom stereocenters. The summed E-state index contributed by atoms with van der Waals surface area (Å²) in [5.74, 6) is 0.379. The normalized spacial score (nSPS) is 24.7. The van der Waals surface area contributed by atoms with E-state index in [1.54, 1.807) is 18.2 Å². The number of hydrogen-bond donors (Lipinski definition) is 1. The number of benzene rings is 1. The molecule has 0 bridgehead atoms. The highest BCUT2D eigenvalue weighted by molar-refractivity contribution is 5.86. The highest BCUT2D eigenvalue weighted by Crippen LogP contribution is 2.31. The Bertz CT molecular complexity index is 792. The second kappa shape index (κ2) is 6.43. The summed E-state index contributed by atoms with van der Waals surface area (Å²) in [5.41, 5.74) is 0.773. The number of carbonyl (C=O) groups excluding carboxylic acids is 1. The van der Waals surface area contributed by atoms with Gasteiger partial charge in [0.25, 0.3) is 0 Å². The minimum Gasteiger partial charge on any atom is -0.448 e. The third-order valence-corrected chi connectivity index (χ3v) is 5.42. The van der Waals surface area contributed by atoms with E-state index in [-0.39, 0.29) is 0 Å². The smallest absolute Gasteiger partial charge is 0.422 e. The first kappa shape index (κ1) is 15.4. The monoisotopic (exact) mass is 329 g/mol. The maximum absolute atomic E-state index is 12.5. The van der Waals surface area contributed by atoms with Gasteiger partial charge in [0.05, 0.1) is 17.6 Å². The molecule has 2 fully saturated rings. The van der Waals surface area contributed by atoms with Crippen molar-refractivity contribution in [3.05, 3.63) is 34.7 Å². The number of imidazole rings is 1. The second-order valence-electron chi connectivity index (χ2n) is 6.86. The minimum atomic E-state index is -0.578. The average Bonchev–Trinajstić information content (AvgIpc) is 2.95. The van der Waals surface area contributed by atoms with Gasteiger partial charge in [-0.25, -0.2) is 9.59 Å². The number of nitrogens with one attached hydrogen (secondary N) is 1. The van der Waals surface area contributed by atoms with Crippen LogP contribution in [0.1, 0.15) is 32.1 Å². The summed E-state index contributed by atoms with van der Waals surface area (Å²) in [6.07, 6.45) is 5.39. The van der Waals surface area contributed by atoms with Crippen LogP contribution >= 0.6 is 0 Å². The molecule has 6 heteroatoms. The molecule has 6 nitrogen and oxygen atoms in total. The SMILES string of the molecule is O=C(OC[C@H]1CCCN2CCCC[C@H]12)n1c(=O)[nH]c2ccccc21. The number of H-pyrrole nitrogens is 1. The van der Waals surface area contributed by atoms with E-state index in [2.05, 4.69) is 9.88 Å². The van der Waals surface area contributed by atoms with E-state index in [0.29, 0.717) is 29.6 Å². The molecule has 2 atom stereocenters. The molecule has 2 aromatic rings. The fourth-order valence-corrected chi connectivity index (χ4v) is 4.25. The van der Waals surface area contributed by atoms with Gasteiger partial charge in [0.15, 0.2) is 0 Å². The van der Waals surface area contributed by atoms with Crippen molar-refractivity contribution in [2.75, 3.05) is 19.7 Å². The molecule has 0 spiro atoms. The Labute approximate surface area is 140 Å². The molecule has 1 aromatic heterocycles. The van der Waals surface area contributed by atoms with Gasteiger partial charge >= 0.3 is 11.8 Å².